The number of nitrogens with zero attached hydrogens (tertiary/aromatic N) is 3. The summed E-state index contributed by atoms with van der Waals surface area (Å²) in [5, 5.41) is 3.93. The molecule has 4 rings (SSSR count). The summed E-state index contributed by atoms with van der Waals surface area (Å²) >= 11 is 6.02. The lowest BCUT2D eigenvalue weighted by Gasteiger charge is -2.33. The number of piperazine rings is 1. The van der Waals surface area contributed by atoms with E-state index in [-0.39, 0.29) is 5.91 Å². The Morgan fingerprint density at radius 2 is 2.16 bits per heavy atom. The Morgan fingerprint density at radius 3 is 3.00 bits per heavy atom. The van der Waals surface area contributed by atoms with E-state index in [2.05, 4.69) is 15.2 Å². The monoisotopic (exact) mass is 362 g/mol. The van der Waals surface area contributed by atoms with Gasteiger partial charge in [0.15, 0.2) is 5.58 Å². The summed E-state index contributed by atoms with van der Waals surface area (Å²) in [6.07, 6.45) is 2.75. The largest absolute Gasteiger partial charge is 0.423 e. The summed E-state index contributed by atoms with van der Waals surface area (Å²) in [4.78, 5) is 21.2. The first kappa shape index (κ1) is 16.7. The zero-order valence-corrected chi connectivity index (χ0v) is 15.0. The number of rotatable bonds is 3. The van der Waals surface area contributed by atoms with E-state index in [0.717, 1.165) is 57.6 Å². The van der Waals surface area contributed by atoms with Crippen LogP contribution in [0.25, 0.3) is 11.1 Å². The van der Waals surface area contributed by atoms with Gasteiger partial charge in [-0.1, -0.05) is 11.6 Å². The van der Waals surface area contributed by atoms with Crippen LogP contribution in [0.1, 0.15) is 19.3 Å². The number of nitrogens with one attached hydrogen (secondary N) is 1. The summed E-state index contributed by atoms with van der Waals surface area (Å²) < 4.78 is 5.88. The Labute approximate surface area is 152 Å². The molecule has 1 atom stereocenters. The van der Waals surface area contributed by atoms with E-state index in [9.17, 15) is 4.79 Å². The first-order chi connectivity index (χ1) is 12.2. The molecular formula is C18H23ClN4O2. The zero-order valence-electron chi connectivity index (χ0n) is 14.2. The van der Waals surface area contributed by atoms with Crippen molar-refractivity contribution in [3.63, 3.8) is 0 Å². The molecule has 1 aromatic carbocycles. The van der Waals surface area contributed by atoms with E-state index >= 15 is 0 Å². The third-order valence-electron chi connectivity index (χ3n) is 5.06. The summed E-state index contributed by atoms with van der Waals surface area (Å²) in [5.41, 5.74) is 1.53. The highest BCUT2D eigenvalue weighted by Crippen LogP contribution is 2.29. The lowest BCUT2D eigenvalue weighted by atomic mass is 9.94. The minimum absolute atomic E-state index is 0.276. The average molecular weight is 363 g/mol. The van der Waals surface area contributed by atoms with Crippen molar-refractivity contribution in [3.8, 4) is 0 Å². The summed E-state index contributed by atoms with van der Waals surface area (Å²) in [6.45, 7) is 5.17. The summed E-state index contributed by atoms with van der Waals surface area (Å²) in [6, 6.07) is 6.13. The first-order valence-corrected chi connectivity index (χ1v) is 9.36. The van der Waals surface area contributed by atoms with Crippen LogP contribution in [0.15, 0.2) is 22.6 Å². The van der Waals surface area contributed by atoms with E-state index in [1.807, 2.05) is 17.0 Å². The van der Waals surface area contributed by atoms with Crippen molar-refractivity contribution in [1.82, 2.24) is 15.2 Å². The molecule has 2 aromatic rings. The van der Waals surface area contributed by atoms with Crippen LogP contribution >= 0.6 is 11.6 Å². The van der Waals surface area contributed by atoms with Crippen molar-refractivity contribution in [2.45, 2.75) is 19.3 Å². The fraction of sp³-hybridized carbons (Fsp3) is 0.556. The minimum Gasteiger partial charge on any atom is -0.423 e. The van der Waals surface area contributed by atoms with E-state index in [1.165, 1.54) is 0 Å². The van der Waals surface area contributed by atoms with E-state index in [0.29, 0.717) is 29.0 Å². The number of halogens is 1. The third-order valence-corrected chi connectivity index (χ3v) is 5.30. The molecule has 7 heteroatoms. The lowest BCUT2D eigenvalue weighted by Crippen LogP contribution is -2.47. The number of fused-ring (bicyclic) bond motifs is 1. The van der Waals surface area contributed by atoms with E-state index < -0.39 is 0 Å². The minimum atomic E-state index is 0.276. The smallest absolute Gasteiger partial charge is 0.298 e. The standard InChI is InChI=1S/C18H23ClN4O2/c19-14-3-4-15-16(11-14)25-18(21-15)23-7-1-2-13(12-23)10-17(24)22-8-5-20-6-9-22/h3-4,11,13,20H,1-2,5-10,12H2. The highest BCUT2D eigenvalue weighted by atomic mass is 35.5. The van der Waals surface area contributed by atoms with Crippen molar-refractivity contribution >= 4 is 34.6 Å². The molecule has 6 nitrogen and oxygen atoms in total. The van der Waals surface area contributed by atoms with Gasteiger partial charge >= 0.3 is 0 Å². The molecule has 1 N–H and O–H groups in total. The van der Waals surface area contributed by atoms with Crippen LogP contribution in [-0.2, 0) is 4.79 Å². The van der Waals surface area contributed by atoms with E-state index in [1.54, 1.807) is 6.07 Å². The van der Waals surface area contributed by atoms with Gasteiger partial charge in [-0.15, -0.1) is 0 Å². The first-order valence-electron chi connectivity index (χ1n) is 8.98. The van der Waals surface area contributed by atoms with Gasteiger partial charge in [0.25, 0.3) is 6.01 Å². The molecule has 1 amide bonds. The number of aromatic nitrogens is 1. The van der Waals surface area contributed by atoms with Crippen LogP contribution in [0, 0.1) is 5.92 Å². The molecule has 2 aliphatic heterocycles. The number of hydrogen-bond acceptors (Lipinski definition) is 5. The maximum atomic E-state index is 12.5. The topological polar surface area (TPSA) is 61.6 Å². The van der Waals surface area contributed by atoms with Gasteiger partial charge in [0.1, 0.15) is 5.52 Å². The fourth-order valence-electron chi connectivity index (χ4n) is 3.72. The number of oxazole rings is 1. The van der Waals surface area contributed by atoms with E-state index in [4.69, 9.17) is 16.0 Å². The Balaban J connectivity index is 1.42. The van der Waals surface area contributed by atoms with Crippen LogP contribution < -0.4 is 10.2 Å². The molecule has 0 bridgehead atoms. The van der Waals surface area contributed by atoms with Gasteiger partial charge in [0, 0.05) is 56.8 Å². The Hall–Kier alpha value is -1.79. The normalized spacial score (nSPS) is 21.7. The number of piperidine rings is 1. The predicted molar refractivity (Wildman–Crippen MR) is 98.0 cm³/mol. The molecule has 1 unspecified atom stereocenters. The maximum absolute atomic E-state index is 12.5. The maximum Gasteiger partial charge on any atom is 0.298 e. The van der Waals surface area contributed by atoms with Gasteiger partial charge in [-0.2, -0.15) is 4.98 Å². The van der Waals surface area contributed by atoms with Crippen LogP contribution in [0.3, 0.4) is 0 Å². The third kappa shape index (κ3) is 3.75. The summed E-state index contributed by atoms with van der Waals surface area (Å²) in [7, 11) is 0. The molecule has 25 heavy (non-hydrogen) atoms. The van der Waals surface area contributed by atoms with Gasteiger partial charge in [0.05, 0.1) is 0 Å². The molecule has 2 aliphatic rings. The van der Waals surface area contributed by atoms with Crippen molar-refractivity contribution in [3.05, 3.63) is 23.2 Å². The molecule has 3 heterocycles. The van der Waals surface area contributed by atoms with Crippen molar-refractivity contribution in [1.29, 1.82) is 0 Å². The molecule has 2 saturated heterocycles. The number of benzene rings is 1. The number of carbonyl (C=O) groups excluding carboxylic acids is 1. The quantitative estimate of drug-likeness (QED) is 0.909. The molecule has 2 fully saturated rings. The van der Waals surface area contributed by atoms with Crippen molar-refractivity contribution in [2.75, 3.05) is 44.2 Å². The van der Waals surface area contributed by atoms with Crippen LogP contribution in [0.2, 0.25) is 5.02 Å². The highest BCUT2D eigenvalue weighted by Gasteiger charge is 2.27. The number of hydrogen-bond donors (Lipinski definition) is 1. The second-order valence-electron chi connectivity index (χ2n) is 6.90. The zero-order chi connectivity index (χ0) is 17.2. The average Bonchev–Trinajstić information content (AvgIpc) is 3.06. The number of amides is 1. The molecule has 0 spiro atoms. The van der Waals surface area contributed by atoms with Crippen LogP contribution in [-0.4, -0.2) is 55.1 Å². The lowest BCUT2D eigenvalue weighted by molar-refractivity contribution is -0.132. The van der Waals surface area contributed by atoms with Crippen molar-refractivity contribution in [2.24, 2.45) is 5.92 Å². The molecule has 0 radical (unpaired) electrons. The van der Waals surface area contributed by atoms with Gasteiger partial charge in [-0.05, 0) is 30.9 Å². The SMILES string of the molecule is O=C(CC1CCCN(c2nc3ccc(Cl)cc3o2)C1)N1CCNCC1. The van der Waals surface area contributed by atoms with Crippen LogP contribution in [0.4, 0.5) is 6.01 Å². The Morgan fingerprint density at radius 1 is 1.32 bits per heavy atom. The number of carbonyl (C=O) groups is 1. The van der Waals surface area contributed by atoms with Crippen LogP contribution in [0.5, 0.6) is 0 Å². The predicted octanol–water partition coefficient (Wildman–Crippen LogP) is 2.52. The summed E-state index contributed by atoms with van der Waals surface area (Å²) in [5.74, 6) is 0.632. The second kappa shape index (κ2) is 7.22. The number of anilines is 1. The molecule has 134 valence electrons. The molecular weight excluding hydrogens is 340 g/mol. The molecule has 1 aromatic heterocycles. The molecule has 0 aliphatic carbocycles. The second-order valence-corrected chi connectivity index (χ2v) is 7.33. The van der Waals surface area contributed by atoms with Gasteiger partial charge < -0.3 is 19.5 Å². The fourth-order valence-corrected chi connectivity index (χ4v) is 3.88. The highest BCUT2D eigenvalue weighted by molar-refractivity contribution is 6.31. The Kier molecular flexibility index (Phi) is 4.81. The molecule has 0 saturated carbocycles. The van der Waals surface area contributed by atoms with Gasteiger partial charge in [-0.25, -0.2) is 0 Å². The van der Waals surface area contributed by atoms with Crippen molar-refractivity contribution < 1.29 is 9.21 Å². The Bertz CT molecular complexity index is 757. The van der Waals surface area contributed by atoms with Gasteiger partial charge in [0.2, 0.25) is 5.91 Å². The van der Waals surface area contributed by atoms with Gasteiger partial charge in [-0.3, -0.25) is 4.79 Å².